The van der Waals surface area contributed by atoms with Gasteiger partial charge in [-0.05, 0) is 51.4 Å². The van der Waals surface area contributed by atoms with Crippen LogP contribution in [0.1, 0.15) is 64.7 Å². The molecule has 1 aliphatic heterocycles. The van der Waals surface area contributed by atoms with Crippen LogP contribution in [0.25, 0.3) is 0 Å². The lowest BCUT2D eigenvalue weighted by atomic mass is 9.81. The number of likely N-dealkylation sites (tertiary alicyclic amines) is 1. The third kappa shape index (κ3) is 9.68. The number of carbonyl (C=O) groups excluding carboxylic acids is 5. The SMILES string of the molecule is COC(=O)N[C@H](C(=O)N1C[C@H](C(F)(F)F)C[C@H]1C(=O)N[C@@H](CCC(C)(F)F)C(=O)C(=O)NC1CC1)C1CCC(F)(F)CC1. The van der Waals surface area contributed by atoms with Gasteiger partial charge < -0.3 is 25.6 Å². The Kier molecular flexibility index (Phi) is 10.6. The summed E-state index contributed by atoms with van der Waals surface area (Å²) in [5.74, 6) is -14.4. The molecule has 43 heavy (non-hydrogen) atoms. The van der Waals surface area contributed by atoms with Crippen LogP contribution in [0.5, 0.6) is 0 Å². The van der Waals surface area contributed by atoms with Crippen LogP contribution >= 0.6 is 0 Å². The highest BCUT2D eigenvalue weighted by molar-refractivity contribution is 6.38. The fourth-order valence-corrected chi connectivity index (χ4v) is 5.28. The molecule has 0 radical (unpaired) electrons. The summed E-state index contributed by atoms with van der Waals surface area (Å²) in [5.41, 5.74) is 0. The maximum absolute atomic E-state index is 13.8. The molecule has 3 N–H and O–H groups in total. The summed E-state index contributed by atoms with van der Waals surface area (Å²) in [7, 11) is 0.952. The molecule has 17 heteroatoms. The number of methoxy groups -OCH3 is 1. The van der Waals surface area contributed by atoms with Crippen molar-refractivity contribution in [3.63, 3.8) is 0 Å². The Morgan fingerprint density at radius 1 is 0.977 bits per heavy atom. The maximum Gasteiger partial charge on any atom is 0.407 e. The van der Waals surface area contributed by atoms with Crippen molar-refractivity contribution in [1.29, 1.82) is 0 Å². The smallest absolute Gasteiger partial charge is 0.407 e. The van der Waals surface area contributed by atoms with Crippen LogP contribution in [0.4, 0.5) is 35.5 Å². The highest BCUT2D eigenvalue weighted by Crippen LogP contribution is 2.40. The lowest BCUT2D eigenvalue weighted by Gasteiger charge is -2.36. The van der Waals surface area contributed by atoms with Crippen molar-refractivity contribution < 1.29 is 59.4 Å². The van der Waals surface area contributed by atoms with Gasteiger partial charge in [-0.2, -0.15) is 13.2 Å². The van der Waals surface area contributed by atoms with E-state index in [9.17, 15) is 54.7 Å². The highest BCUT2D eigenvalue weighted by Gasteiger charge is 2.53. The zero-order valence-electron chi connectivity index (χ0n) is 23.6. The molecule has 3 aliphatic rings. The number of hydrogen-bond acceptors (Lipinski definition) is 6. The van der Waals surface area contributed by atoms with Crippen LogP contribution in [0, 0.1) is 11.8 Å². The lowest BCUT2D eigenvalue weighted by Crippen LogP contribution is -2.58. The first-order valence-corrected chi connectivity index (χ1v) is 13.9. The Hall–Kier alpha value is -3.14. The van der Waals surface area contributed by atoms with Crippen molar-refractivity contribution in [2.45, 2.75) is 107 Å². The summed E-state index contributed by atoms with van der Waals surface area (Å²) in [5, 5.41) is 6.64. The fourth-order valence-electron chi connectivity index (χ4n) is 5.28. The lowest BCUT2D eigenvalue weighted by molar-refractivity contribution is -0.171. The third-order valence-corrected chi connectivity index (χ3v) is 7.95. The summed E-state index contributed by atoms with van der Waals surface area (Å²) in [6.07, 6.45) is -9.32. The second kappa shape index (κ2) is 13.2. The number of alkyl carbamates (subject to hydrolysis) is 1. The molecule has 1 heterocycles. The minimum absolute atomic E-state index is 0.265. The average molecular weight is 633 g/mol. The van der Waals surface area contributed by atoms with Crippen LogP contribution in [0.3, 0.4) is 0 Å². The van der Waals surface area contributed by atoms with Crippen LogP contribution in [0.2, 0.25) is 0 Å². The van der Waals surface area contributed by atoms with E-state index in [4.69, 9.17) is 0 Å². The zero-order chi connectivity index (χ0) is 32.3. The van der Waals surface area contributed by atoms with E-state index in [1.807, 2.05) is 0 Å². The predicted octanol–water partition coefficient (Wildman–Crippen LogP) is 3.08. The minimum atomic E-state index is -4.88. The number of ketones is 1. The van der Waals surface area contributed by atoms with Gasteiger partial charge in [0.1, 0.15) is 12.1 Å². The van der Waals surface area contributed by atoms with E-state index in [2.05, 4.69) is 20.7 Å². The number of halogens is 7. The quantitative estimate of drug-likeness (QED) is 0.237. The molecule has 0 aromatic rings. The second-order valence-corrected chi connectivity index (χ2v) is 11.6. The average Bonchev–Trinajstić information content (AvgIpc) is 3.59. The largest absolute Gasteiger partial charge is 0.453 e. The fraction of sp³-hybridized carbons (Fsp3) is 0.808. The zero-order valence-corrected chi connectivity index (χ0v) is 23.6. The molecule has 2 aliphatic carbocycles. The van der Waals surface area contributed by atoms with Gasteiger partial charge in [0.05, 0.1) is 19.1 Å². The van der Waals surface area contributed by atoms with Gasteiger partial charge in [-0.1, -0.05) is 0 Å². The Balaban J connectivity index is 1.87. The molecule has 2 saturated carbocycles. The first kappa shape index (κ1) is 34.4. The van der Waals surface area contributed by atoms with E-state index in [0.717, 1.165) is 7.11 Å². The van der Waals surface area contributed by atoms with Gasteiger partial charge in [0, 0.05) is 31.8 Å². The van der Waals surface area contributed by atoms with Gasteiger partial charge in [-0.3, -0.25) is 19.2 Å². The van der Waals surface area contributed by atoms with E-state index < -0.39 is 116 Å². The number of hydrogen-bond donors (Lipinski definition) is 3. The Labute approximate surface area is 242 Å². The van der Waals surface area contributed by atoms with Crippen molar-refractivity contribution >= 4 is 29.6 Å². The molecular formula is C26H35F7N4O6. The molecule has 0 bridgehead atoms. The molecule has 244 valence electrons. The predicted molar refractivity (Wildman–Crippen MR) is 134 cm³/mol. The van der Waals surface area contributed by atoms with Gasteiger partial charge in [0.25, 0.3) is 5.91 Å². The minimum Gasteiger partial charge on any atom is -0.453 e. The van der Waals surface area contributed by atoms with E-state index in [-0.39, 0.29) is 18.9 Å². The molecule has 0 aromatic heterocycles. The van der Waals surface area contributed by atoms with Gasteiger partial charge in [-0.15, -0.1) is 0 Å². The highest BCUT2D eigenvalue weighted by atomic mass is 19.4. The first-order valence-electron chi connectivity index (χ1n) is 13.9. The number of rotatable bonds is 11. The van der Waals surface area contributed by atoms with E-state index in [1.54, 1.807) is 0 Å². The summed E-state index contributed by atoms with van der Waals surface area (Å²) in [6.45, 7) is -0.488. The van der Waals surface area contributed by atoms with Gasteiger partial charge in [0.2, 0.25) is 29.4 Å². The van der Waals surface area contributed by atoms with Crippen LogP contribution in [0.15, 0.2) is 0 Å². The van der Waals surface area contributed by atoms with E-state index >= 15 is 0 Å². The number of amides is 4. The molecule has 4 amide bonds. The monoisotopic (exact) mass is 632 g/mol. The third-order valence-electron chi connectivity index (χ3n) is 7.95. The molecule has 0 aromatic carbocycles. The van der Waals surface area contributed by atoms with Crippen LogP contribution < -0.4 is 16.0 Å². The van der Waals surface area contributed by atoms with E-state index in [0.29, 0.717) is 24.7 Å². The Morgan fingerprint density at radius 2 is 1.58 bits per heavy atom. The molecule has 1 saturated heterocycles. The number of nitrogens with zero attached hydrogens (tertiary/aromatic N) is 1. The van der Waals surface area contributed by atoms with Crippen molar-refractivity contribution in [2.24, 2.45) is 11.8 Å². The van der Waals surface area contributed by atoms with Gasteiger partial charge in [0.15, 0.2) is 0 Å². The number of alkyl halides is 7. The van der Waals surface area contributed by atoms with Crippen molar-refractivity contribution in [1.82, 2.24) is 20.9 Å². The molecule has 3 fully saturated rings. The second-order valence-electron chi connectivity index (χ2n) is 11.6. The van der Waals surface area contributed by atoms with E-state index in [1.165, 1.54) is 0 Å². The number of Topliss-reactive ketones (excluding diaryl/α,β-unsaturated/α-hetero) is 1. The molecule has 0 spiro atoms. The summed E-state index contributed by atoms with van der Waals surface area (Å²) >= 11 is 0. The maximum atomic E-state index is 13.8. The normalized spacial score (nSPS) is 24.1. The van der Waals surface area contributed by atoms with Gasteiger partial charge >= 0.3 is 12.3 Å². The number of nitrogens with one attached hydrogen (secondary N) is 3. The molecule has 4 atom stereocenters. The molecule has 3 rings (SSSR count). The number of ether oxygens (including phenoxy) is 1. The molecule has 0 unspecified atom stereocenters. The standard InChI is InChI=1S/C26H35F7N4O6/c1-24(27,28)8-7-16(19(38)21(40)34-15-3-4-15)35-20(39)17-11-14(26(31,32)33)12-37(17)22(41)18(36-23(42)43-2)13-5-9-25(29,30)10-6-13/h13-18H,3-12H2,1-2H3,(H,34,40)(H,35,39)(H,36,42)/t14-,16+,17+,18+/m1/s1. The molecular weight excluding hydrogens is 597 g/mol. The van der Waals surface area contributed by atoms with Crippen molar-refractivity contribution in [2.75, 3.05) is 13.7 Å². The summed E-state index contributed by atoms with van der Waals surface area (Å²) in [4.78, 5) is 64.7. The first-order chi connectivity index (χ1) is 19.8. The Bertz CT molecular complexity index is 1070. The van der Waals surface area contributed by atoms with Crippen molar-refractivity contribution in [3.05, 3.63) is 0 Å². The topological polar surface area (TPSA) is 134 Å². The van der Waals surface area contributed by atoms with Crippen LogP contribution in [-0.2, 0) is 23.9 Å². The van der Waals surface area contributed by atoms with Crippen molar-refractivity contribution in [3.8, 4) is 0 Å². The molecule has 10 nitrogen and oxygen atoms in total. The summed E-state index contributed by atoms with van der Waals surface area (Å²) in [6, 6.07) is -5.63. The number of carbonyl (C=O) groups is 5. The van der Waals surface area contributed by atoms with Gasteiger partial charge in [-0.25, -0.2) is 22.4 Å². The Morgan fingerprint density at radius 3 is 2.09 bits per heavy atom. The van der Waals surface area contributed by atoms with Crippen LogP contribution in [-0.4, -0.2) is 90.3 Å². The summed E-state index contributed by atoms with van der Waals surface area (Å²) < 4.78 is 101.